The van der Waals surface area contributed by atoms with Crippen molar-refractivity contribution >= 4 is 46.2 Å². The first-order chi connectivity index (χ1) is 8.61. The molecule has 1 aliphatic rings. The van der Waals surface area contributed by atoms with Crippen LogP contribution < -0.4 is 5.32 Å². The highest BCUT2D eigenvalue weighted by atomic mass is 32.2. The highest BCUT2D eigenvalue weighted by molar-refractivity contribution is 8.18. The molecular weight excluding hydrogens is 272 g/mol. The molecule has 5 nitrogen and oxygen atoms in total. The smallest absolute Gasteiger partial charge is 0.294 e. The number of hydrogen-bond donors (Lipinski definition) is 1. The minimum atomic E-state index is -0.415. The number of imide groups is 1. The van der Waals surface area contributed by atoms with Crippen LogP contribution in [0.3, 0.4) is 0 Å². The lowest BCUT2D eigenvalue weighted by atomic mass is 10.3. The van der Waals surface area contributed by atoms with Crippen LogP contribution in [0.25, 0.3) is 6.08 Å². The van der Waals surface area contributed by atoms with Crippen LogP contribution in [0.15, 0.2) is 22.4 Å². The lowest BCUT2D eigenvalue weighted by Gasteiger charge is -2.10. The third-order valence-electron chi connectivity index (χ3n) is 2.27. The normalized spacial score (nSPS) is 17.6. The Kier molecular flexibility index (Phi) is 3.83. The summed E-state index contributed by atoms with van der Waals surface area (Å²) in [4.78, 5) is 37.0. The van der Waals surface area contributed by atoms with E-state index in [0.29, 0.717) is 4.91 Å². The number of hydrogen-bond acceptors (Lipinski definition) is 5. The average Bonchev–Trinajstić information content (AvgIpc) is 2.94. The molecule has 1 N–H and O–H groups in total. The summed E-state index contributed by atoms with van der Waals surface area (Å²) in [7, 11) is 1.46. The summed E-state index contributed by atoms with van der Waals surface area (Å²) < 4.78 is 0. The number of thioether (sulfide) groups is 1. The molecular formula is C11H10N2O3S2. The Hall–Kier alpha value is -1.60. The highest BCUT2D eigenvalue weighted by Gasteiger charge is 2.36. The van der Waals surface area contributed by atoms with Crippen LogP contribution in [0.4, 0.5) is 4.79 Å². The first-order valence-corrected chi connectivity index (χ1v) is 6.81. The number of thiophene rings is 1. The number of carbonyl (C=O) groups is 3. The maximum absolute atomic E-state index is 11.9. The molecule has 0 bridgehead atoms. The zero-order chi connectivity index (χ0) is 13.1. The third kappa shape index (κ3) is 2.62. The summed E-state index contributed by atoms with van der Waals surface area (Å²) >= 11 is 2.34. The number of amides is 3. The first kappa shape index (κ1) is 12.8. The molecule has 0 saturated carbocycles. The quantitative estimate of drug-likeness (QED) is 0.854. The molecule has 1 aromatic heterocycles. The Balaban J connectivity index is 2.16. The van der Waals surface area contributed by atoms with Crippen LogP contribution in [-0.4, -0.2) is 35.5 Å². The van der Waals surface area contributed by atoms with Gasteiger partial charge in [-0.15, -0.1) is 11.3 Å². The molecule has 1 fully saturated rings. The molecule has 2 heterocycles. The fourth-order valence-corrected chi connectivity index (χ4v) is 2.92. The molecule has 0 aliphatic carbocycles. The van der Waals surface area contributed by atoms with Crippen molar-refractivity contribution in [3.8, 4) is 0 Å². The van der Waals surface area contributed by atoms with Crippen LogP contribution >= 0.6 is 23.1 Å². The topological polar surface area (TPSA) is 66.5 Å². The van der Waals surface area contributed by atoms with Crippen molar-refractivity contribution < 1.29 is 14.4 Å². The van der Waals surface area contributed by atoms with Crippen LogP contribution in [0.1, 0.15) is 4.88 Å². The minimum absolute atomic E-state index is 0.233. The van der Waals surface area contributed by atoms with Crippen LogP contribution in [0, 0.1) is 0 Å². The highest BCUT2D eigenvalue weighted by Crippen LogP contribution is 2.32. The number of rotatable bonds is 3. The Morgan fingerprint density at radius 2 is 2.28 bits per heavy atom. The van der Waals surface area contributed by atoms with Gasteiger partial charge in [0.25, 0.3) is 11.1 Å². The molecule has 0 aromatic carbocycles. The Morgan fingerprint density at radius 1 is 1.50 bits per heavy atom. The second-order valence-electron chi connectivity index (χ2n) is 3.46. The van der Waals surface area contributed by atoms with Gasteiger partial charge in [0.2, 0.25) is 5.91 Å². The van der Waals surface area contributed by atoms with Crippen molar-refractivity contribution in [1.82, 2.24) is 10.2 Å². The van der Waals surface area contributed by atoms with Crippen molar-refractivity contribution in [2.24, 2.45) is 0 Å². The van der Waals surface area contributed by atoms with Gasteiger partial charge >= 0.3 is 0 Å². The van der Waals surface area contributed by atoms with Crippen molar-refractivity contribution in [1.29, 1.82) is 0 Å². The second-order valence-corrected chi connectivity index (χ2v) is 5.43. The zero-order valence-corrected chi connectivity index (χ0v) is 11.1. The van der Waals surface area contributed by atoms with E-state index in [-0.39, 0.29) is 12.5 Å². The van der Waals surface area contributed by atoms with Crippen molar-refractivity contribution in [3.05, 3.63) is 27.3 Å². The summed E-state index contributed by atoms with van der Waals surface area (Å²) in [5.74, 6) is -0.781. The summed E-state index contributed by atoms with van der Waals surface area (Å²) in [6.07, 6.45) is 1.67. The molecule has 0 atom stereocenters. The molecule has 2 rings (SSSR count). The lowest BCUT2D eigenvalue weighted by molar-refractivity contribution is -0.129. The van der Waals surface area contributed by atoms with Gasteiger partial charge in [-0.3, -0.25) is 19.3 Å². The fraction of sp³-hybridized carbons (Fsp3) is 0.182. The van der Waals surface area contributed by atoms with Gasteiger partial charge in [-0.05, 0) is 29.3 Å². The molecule has 0 spiro atoms. The van der Waals surface area contributed by atoms with E-state index in [1.165, 1.54) is 18.4 Å². The maximum atomic E-state index is 11.9. The van der Waals surface area contributed by atoms with Gasteiger partial charge in [0.15, 0.2) is 0 Å². The predicted octanol–water partition coefficient (Wildman–Crippen LogP) is 1.53. The summed E-state index contributed by atoms with van der Waals surface area (Å²) in [5, 5.41) is 3.86. The monoisotopic (exact) mass is 282 g/mol. The summed E-state index contributed by atoms with van der Waals surface area (Å²) in [6.45, 7) is -0.233. The largest absolute Gasteiger partial charge is 0.358 e. The molecule has 1 saturated heterocycles. The van der Waals surface area contributed by atoms with E-state index in [2.05, 4.69) is 5.32 Å². The van der Waals surface area contributed by atoms with E-state index < -0.39 is 11.1 Å². The molecule has 0 unspecified atom stereocenters. The Labute approximate surface area is 112 Å². The van der Waals surface area contributed by atoms with E-state index >= 15 is 0 Å². The summed E-state index contributed by atoms with van der Waals surface area (Å²) in [5.41, 5.74) is 0. The Bertz CT molecular complexity index is 522. The average molecular weight is 282 g/mol. The van der Waals surface area contributed by atoms with Crippen molar-refractivity contribution in [3.63, 3.8) is 0 Å². The third-order valence-corrected chi connectivity index (χ3v) is 4.00. The fourth-order valence-electron chi connectivity index (χ4n) is 1.36. The van der Waals surface area contributed by atoms with Gasteiger partial charge in [0.1, 0.15) is 6.54 Å². The minimum Gasteiger partial charge on any atom is -0.358 e. The zero-order valence-electron chi connectivity index (χ0n) is 9.50. The lowest BCUT2D eigenvalue weighted by Crippen LogP contribution is -2.38. The van der Waals surface area contributed by atoms with Gasteiger partial charge < -0.3 is 5.32 Å². The standard InChI is InChI=1S/C11H10N2O3S2/c1-12-9(14)6-13-10(15)8(18-11(13)16)5-7-3-2-4-17-7/h2-5H,6H2,1H3,(H,12,14)/b8-5-. The van der Waals surface area contributed by atoms with E-state index in [0.717, 1.165) is 21.5 Å². The number of nitrogens with zero attached hydrogens (tertiary/aromatic N) is 1. The molecule has 7 heteroatoms. The van der Waals surface area contributed by atoms with E-state index in [4.69, 9.17) is 0 Å². The van der Waals surface area contributed by atoms with Crippen molar-refractivity contribution in [2.45, 2.75) is 0 Å². The number of likely N-dealkylation sites (N-methyl/N-ethyl adjacent to an activating group) is 1. The molecule has 94 valence electrons. The van der Waals surface area contributed by atoms with Gasteiger partial charge in [0.05, 0.1) is 4.91 Å². The summed E-state index contributed by atoms with van der Waals surface area (Å²) in [6, 6.07) is 3.72. The molecule has 3 amide bonds. The van der Waals surface area contributed by atoms with Crippen LogP contribution in [0.5, 0.6) is 0 Å². The van der Waals surface area contributed by atoms with Gasteiger partial charge in [-0.2, -0.15) is 0 Å². The predicted molar refractivity (Wildman–Crippen MR) is 71.1 cm³/mol. The molecule has 18 heavy (non-hydrogen) atoms. The molecule has 0 radical (unpaired) electrons. The molecule has 1 aromatic rings. The van der Waals surface area contributed by atoms with E-state index in [1.54, 1.807) is 6.08 Å². The maximum Gasteiger partial charge on any atom is 0.294 e. The second kappa shape index (κ2) is 5.36. The van der Waals surface area contributed by atoms with Crippen molar-refractivity contribution in [2.75, 3.05) is 13.6 Å². The number of carbonyl (C=O) groups excluding carboxylic acids is 3. The van der Waals surface area contributed by atoms with E-state index in [9.17, 15) is 14.4 Å². The van der Waals surface area contributed by atoms with Crippen LogP contribution in [0.2, 0.25) is 0 Å². The van der Waals surface area contributed by atoms with Gasteiger partial charge in [0, 0.05) is 11.9 Å². The SMILES string of the molecule is CNC(=O)CN1C(=O)S/C(=C\c2cccs2)C1=O. The molecule has 1 aliphatic heterocycles. The van der Waals surface area contributed by atoms with Gasteiger partial charge in [-0.25, -0.2) is 0 Å². The number of nitrogens with one attached hydrogen (secondary N) is 1. The van der Waals surface area contributed by atoms with E-state index in [1.807, 2.05) is 17.5 Å². The van der Waals surface area contributed by atoms with Gasteiger partial charge in [-0.1, -0.05) is 6.07 Å². The Morgan fingerprint density at radius 3 is 2.89 bits per heavy atom. The first-order valence-electron chi connectivity index (χ1n) is 5.11. The van der Waals surface area contributed by atoms with Crippen LogP contribution in [-0.2, 0) is 9.59 Å².